The molecule has 0 spiro atoms. The van der Waals surface area contributed by atoms with Crippen LogP contribution in [-0.4, -0.2) is 39.9 Å². The second-order valence-electron chi connectivity index (χ2n) is 8.38. The number of hydrogen-bond donors (Lipinski definition) is 2. The number of methoxy groups -OCH3 is 3. The molecule has 7 heteroatoms. The van der Waals surface area contributed by atoms with Gasteiger partial charge in [-0.3, -0.25) is 0 Å². The van der Waals surface area contributed by atoms with Crippen LogP contribution >= 0.6 is 0 Å². The third-order valence-corrected chi connectivity index (χ3v) is 6.45. The van der Waals surface area contributed by atoms with Crippen LogP contribution in [0.5, 0.6) is 17.2 Å². The topological polar surface area (TPSA) is 77.2 Å². The van der Waals surface area contributed by atoms with Crippen LogP contribution in [-0.2, 0) is 13.0 Å². The molecule has 2 aliphatic carbocycles. The molecule has 0 saturated heterocycles. The normalized spacial score (nSPS) is 22.4. The third kappa shape index (κ3) is 5.09. The molecule has 1 aromatic carbocycles. The van der Waals surface area contributed by atoms with Crippen LogP contribution in [0.25, 0.3) is 0 Å². The predicted molar refractivity (Wildman–Crippen MR) is 120 cm³/mol. The van der Waals surface area contributed by atoms with Crippen molar-refractivity contribution in [2.45, 2.75) is 44.7 Å². The Morgan fingerprint density at radius 2 is 1.90 bits per heavy atom. The lowest BCUT2D eigenvalue weighted by Gasteiger charge is -2.25. The summed E-state index contributed by atoms with van der Waals surface area (Å²) in [5.74, 6) is 5.33. The number of nitrogens with zero attached hydrogens (tertiary/aromatic N) is 1. The van der Waals surface area contributed by atoms with E-state index in [0.29, 0.717) is 29.8 Å². The molecule has 3 unspecified atom stereocenters. The quantitative estimate of drug-likeness (QED) is 0.469. The first-order chi connectivity index (χ1) is 15.2. The number of furan rings is 1. The number of ether oxygens (including phenoxy) is 3. The first-order valence-electron chi connectivity index (χ1n) is 11.1. The number of nitrogens with one attached hydrogen (secondary N) is 2. The van der Waals surface area contributed by atoms with E-state index in [2.05, 4.69) is 10.6 Å². The first kappa shape index (κ1) is 21.4. The maximum absolute atomic E-state index is 5.48. The fourth-order valence-electron chi connectivity index (χ4n) is 4.91. The van der Waals surface area contributed by atoms with E-state index in [-0.39, 0.29) is 0 Å². The maximum Gasteiger partial charge on any atom is 0.203 e. The fraction of sp³-hybridized carbons (Fsp3) is 0.542. The van der Waals surface area contributed by atoms with Crippen LogP contribution < -0.4 is 24.8 Å². The van der Waals surface area contributed by atoms with Gasteiger partial charge in [-0.1, -0.05) is 6.42 Å². The van der Waals surface area contributed by atoms with E-state index in [0.717, 1.165) is 42.1 Å². The van der Waals surface area contributed by atoms with Gasteiger partial charge < -0.3 is 29.3 Å². The minimum Gasteiger partial charge on any atom is -0.493 e. The molecule has 2 bridgehead atoms. The number of benzene rings is 1. The standard InChI is InChI=1S/C24H33N3O4/c1-28-21-13-17(14-22(29-2)23(21)30-3)15-26-24(25-9-8-19-5-4-10-31-19)27-20-12-16-6-7-18(20)11-16/h4-5,10,13-14,16,18,20H,6-9,11-12,15H2,1-3H3,(H2,25,26,27). The highest BCUT2D eigenvalue weighted by Crippen LogP contribution is 2.44. The van der Waals surface area contributed by atoms with Gasteiger partial charge >= 0.3 is 0 Å². The van der Waals surface area contributed by atoms with Gasteiger partial charge in [-0.2, -0.15) is 0 Å². The van der Waals surface area contributed by atoms with E-state index < -0.39 is 0 Å². The molecule has 1 heterocycles. The Hall–Kier alpha value is -2.83. The van der Waals surface area contributed by atoms with Crippen molar-refractivity contribution in [3.05, 3.63) is 41.9 Å². The second-order valence-corrected chi connectivity index (χ2v) is 8.38. The molecule has 2 aromatic rings. The van der Waals surface area contributed by atoms with Crippen LogP contribution in [0.15, 0.2) is 39.9 Å². The predicted octanol–water partition coefficient (Wildman–Crippen LogP) is 3.77. The molecule has 7 nitrogen and oxygen atoms in total. The lowest BCUT2D eigenvalue weighted by Crippen LogP contribution is -2.46. The number of fused-ring (bicyclic) bond motifs is 2. The third-order valence-electron chi connectivity index (χ3n) is 6.45. The first-order valence-corrected chi connectivity index (χ1v) is 11.1. The lowest BCUT2D eigenvalue weighted by molar-refractivity contribution is 0.324. The molecule has 1 aromatic heterocycles. The Labute approximate surface area is 184 Å². The molecule has 2 N–H and O–H groups in total. The highest BCUT2D eigenvalue weighted by molar-refractivity contribution is 5.80. The number of guanidine groups is 1. The summed E-state index contributed by atoms with van der Waals surface area (Å²) in [6.45, 7) is 1.27. The van der Waals surface area contributed by atoms with Gasteiger partial charge in [-0.25, -0.2) is 4.99 Å². The molecule has 4 rings (SSSR count). The van der Waals surface area contributed by atoms with Gasteiger partial charge in [0.1, 0.15) is 5.76 Å². The molecule has 2 saturated carbocycles. The maximum atomic E-state index is 5.48. The molecule has 0 aliphatic heterocycles. The molecule has 2 aliphatic rings. The SMILES string of the molecule is COc1cc(CN=C(NCCc2ccco2)NC2CC3CCC2C3)cc(OC)c1OC. The van der Waals surface area contributed by atoms with Crippen LogP contribution in [0.1, 0.15) is 37.0 Å². The highest BCUT2D eigenvalue weighted by Gasteiger charge is 2.39. The van der Waals surface area contributed by atoms with E-state index >= 15 is 0 Å². The van der Waals surface area contributed by atoms with Gasteiger partial charge in [0.25, 0.3) is 0 Å². The van der Waals surface area contributed by atoms with E-state index in [9.17, 15) is 0 Å². The summed E-state index contributed by atoms with van der Waals surface area (Å²) in [5.41, 5.74) is 0.995. The van der Waals surface area contributed by atoms with Gasteiger partial charge in [0.2, 0.25) is 5.75 Å². The number of rotatable bonds is 9. The van der Waals surface area contributed by atoms with Crippen molar-refractivity contribution in [3.63, 3.8) is 0 Å². The van der Waals surface area contributed by atoms with Crippen LogP contribution in [0.3, 0.4) is 0 Å². The number of hydrogen-bond acceptors (Lipinski definition) is 5. The highest BCUT2D eigenvalue weighted by atomic mass is 16.5. The molecule has 31 heavy (non-hydrogen) atoms. The molecule has 2 fully saturated rings. The largest absolute Gasteiger partial charge is 0.493 e. The van der Waals surface area contributed by atoms with Crippen molar-refractivity contribution in [2.24, 2.45) is 16.8 Å². The summed E-state index contributed by atoms with van der Waals surface area (Å²) in [7, 11) is 4.86. The summed E-state index contributed by atoms with van der Waals surface area (Å²) in [6, 6.07) is 8.32. The number of aliphatic imine (C=N–C) groups is 1. The zero-order valence-corrected chi connectivity index (χ0v) is 18.6. The molecule has 0 radical (unpaired) electrons. The minimum absolute atomic E-state index is 0.508. The van der Waals surface area contributed by atoms with Crippen molar-refractivity contribution in [1.82, 2.24) is 10.6 Å². The minimum atomic E-state index is 0.508. The van der Waals surface area contributed by atoms with Crippen LogP contribution in [0, 0.1) is 11.8 Å². The van der Waals surface area contributed by atoms with Crippen molar-refractivity contribution in [3.8, 4) is 17.2 Å². The van der Waals surface area contributed by atoms with Gasteiger partial charge in [-0.05, 0) is 60.9 Å². The van der Waals surface area contributed by atoms with Gasteiger partial charge in [0, 0.05) is 19.0 Å². The fourth-order valence-corrected chi connectivity index (χ4v) is 4.91. The van der Waals surface area contributed by atoms with E-state index in [1.807, 2.05) is 24.3 Å². The Morgan fingerprint density at radius 3 is 2.48 bits per heavy atom. The van der Waals surface area contributed by atoms with Gasteiger partial charge in [0.15, 0.2) is 17.5 Å². The summed E-state index contributed by atoms with van der Waals surface area (Å²) in [6.07, 6.45) is 7.83. The molecule has 0 amide bonds. The molecular weight excluding hydrogens is 394 g/mol. The average molecular weight is 428 g/mol. The van der Waals surface area contributed by atoms with Crippen LogP contribution in [0.2, 0.25) is 0 Å². The van der Waals surface area contributed by atoms with Crippen molar-refractivity contribution >= 4 is 5.96 Å². The molecule has 3 atom stereocenters. The molecule has 168 valence electrons. The lowest BCUT2D eigenvalue weighted by atomic mass is 9.95. The Morgan fingerprint density at radius 1 is 1.10 bits per heavy atom. The van der Waals surface area contributed by atoms with Crippen molar-refractivity contribution < 1.29 is 18.6 Å². The Balaban J connectivity index is 1.46. The molecular formula is C24H33N3O4. The summed E-state index contributed by atoms with van der Waals surface area (Å²) < 4.78 is 21.8. The van der Waals surface area contributed by atoms with E-state index in [4.69, 9.17) is 23.6 Å². The van der Waals surface area contributed by atoms with Crippen molar-refractivity contribution in [1.29, 1.82) is 0 Å². The average Bonchev–Trinajstić information content (AvgIpc) is 3.55. The summed E-state index contributed by atoms with van der Waals surface area (Å²) >= 11 is 0. The van der Waals surface area contributed by atoms with Gasteiger partial charge in [0.05, 0.1) is 34.1 Å². The van der Waals surface area contributed by atoms with E-state index in [1.54, 1.807) is 27.6 Å². The zero-order valence-electron chi connectivity index (χ0n) is 18.6. The Kier molecular flexibility index (Phi) is 6.89. The summed E-state index contributed by atoms with van der Waals surface area (Å²) in [5, 5.41) is 7.18. The van der Waals surface area contributed by atoms with Crippen molar-refractivity contribution in [2.75, 3.05) is 27.9 Å². The van der Waals surface area contributed by atoms with E-state index in [1.165, 1.54) is 25.7 Å². The van der Waals surface area contributed by atoms with Gasteiger partial charge in [-0.15, -0.1) is 0 Å². The zero-order chi connectivity index (χ0) is 21.6. The van der Waals surface area contributed by atoms with Crippen LogP contribution in [0.4, 0.5) is 0 Å². The smallest absolute Gasteiger partial charge is 0.203 e. The summed E-state index contributed by atoms with van der Waals surface area (Å²) in [4.78, 5) is 4.88. The second kappa shape index (κ2) is 9.98. The Bertz CT molecular complexity index is 856. The monoisotopic (exact) mass is 427 g/mol.